The molecule has 0 saturated carbocycles. The second-order valence-electron chi connectivity index (χ2n) is 1.97. The average Bonchev–Trinajstić information content (AvgIpc) is 2.84. The molecule has 0 fully saturated rings. The van der Waals surface area contributed by atoms with Crippen LogP contribution in [0.2, 0.25) is 0 Å². The van der Waals surface area contributed by atoms with Crippen LogP contribution in [0.15, 0.2) is 18.8 Å². The van der Waals surface area contributed by atoms with E-state index in [2.05, 4.69) is 37.2 Å². The van der Waals surface area contributed by atoms with Crippen LogP contribution in [0, 0.1) is 0 Å². The van der Waals surface area contributed by atoms with Crippen molar-refractivity contribution in [1.29, 1.82) is 0 Å². The zero-order valence-corrected chi connectivity index (χ0v) is 12.0. The number of hydrogen-bond acceptors (Lipinski definition) is 1. The second kappa shape index (κ2) is 19.0. The van der Waals surface area contributed by atoms with Crippen LogP contribution in [0.1, 0.15) is 45.9 Å². The number of thiol groups is 1. The van der Waals surface area contributed by atoms with Crippen molar-refractivity contribution in [3.8, 4) is 0 Å². The Kier molecular flexibility index (Phi) is 25.2. The Morgan fingerprint density at radius 2 is 1.73 bits per heavy atom. The predicted molar refractivity (Wildman–Crippen MR) is 77.9 cm³/mol. The van der Waals surface area contributed by atoms with Crippen LogP contribution in [0.4, 0.5) is 0 Å². The fraction of sp³-hybridized carbons (Fsp3) is 0.538. The summed E-state index contributed by atoms with van der Waals surface area (Å²) in [5.74, 6) is 0. The van der Waals surface area contributed by atoms with Crippen molar-refractivity contribution in [2.75, 3.05) is 6.26 Å². The van der Waals surface area contributed by atoms with E-state index in [9.17, 15) is 0 Å². The lowest BCUT2D eigenvalue weighted by Gasteiger charge is -1.90. The van der Waals surface area contributed by atoms with Gasteiger partial charge in [-0.3, -0.25) is 0 Å². The molecule has 1 rings (SSSR count). The van der Waals surface area contributed by atoms with Gasteiger partial charge < -0.3 is 4.98 Å². The molecule has 1 aromatic rings. The third kappa shape index (κ3) is 9.67. The molecule has 0 amide bonds. The molecule has 0 aromatic carbocycles. The van der Waals surface area contributed by atoms with Crippen molar-refractivity contribution in [3.63, 3.8) is 0 Å². The lowest BCUT2D eigenvalue weighted by molar-refractivity contribution is 1.13. The van der Waals surface area contributed by atoms with Crippen LogP contribution >= 0.6 is 12.6 Å². The average molecular weight is 229 g/mol. The molecule has 0 aliphatic carbocycles. The molecule has 0 aliphatic heterocycles. The van der Waals surface area contributed by atoms with E-state index in [0.29, 0.717) is 0 Å². The monoisotopic (exact) mass is 229 g/mol. The van der Waals surface area contributed by atoms with Crippen molar-refractivity contribution < 1.29 is 0 Å². The summed E-state index contributed by atoms with van der Waals surface area (Å²) in [4.78, 5) is 3.09. The third-order valence-electron chi connectivity index (χ3n) is 1.45. The standard InChI is InChI=1S/C8H11N.2C2H6.CH4S/c1-3-7-5-6-9-8(7)4-2;3*1-2/h4-6,9H,2-3H2,1H3;2*1-2H3;2H,1H3. The van der Waals surface area contributed by atoms with Gasteiger partial charge in [0.15, 0.2) is 0 Å². The molecule has 0 saturated heterocycles. The van der Waals surface area contributed by atoms with Gasteiger partial charge in [-0.1, -0.05) is 41.2 Å². The number of nitrogens with one attached hydrogen (secondary N) is 1. The molecular formula is C13H27NS. The molecule has 1 N–H and O–H groups in total. The zero-order chi connectivity index (χ0) is 12.7. The van der Waals surface area contributed by atoms with Gasteiger partial charge in [0.1, 0.15) is 0 Å². The quantitative estimate of drug-likeness (QED) is 0.676. The minimum atomic E-state index is 1.07. The van der Waals surface area contributed by atoms with Gasteiger partial charge in [0, 0.05) is 11.9 Å². The highest BCUT2D eigenvalue weighted by Crippen LogP contribution is 2.07. The van der Waals surface area contributed by atoms with E-state index in [0.717, 1.165) is 12.1 Å². The third-order valence-corrected chi connectivity index (χ3v) is 1.45. The number of H-pyrrole nitrogens is 1. The highest BCUT2D eigenvalue weighted by Gasteiger charge is 1.93. The summed E-state index contributed by atoms with van der Waals surface area (Å²) < 4.78 is 0. The molecule has 0 bridgehead atoms. The summed E-state index contributed by atoms with van der Waals surface area (Å²) >= 11 is 3.53. The Morgan fingerprint density at radius 3 is 2.00 bits per heavy atom. The van der Waals surface area contributed by atoms with Gasteiger partial charge in [-0.15, -0.1) is 0 Å². The van der Waals surface area contributed by atoms with Gasteiger partial charge in [-0.2, -0.15) is 12.6 Å². The smallest absolute Gasteiger partial charge is 0.0406 e. The molecule has 90 valence electrons. The van der Waals surface area contributed by atoms with E-state index >= 15 is 0 Å². The van der Waals surface area contributed by atoms with E-state index in [1.807, 2.05) is 40.0 Å². The summed E-state index contributed by atoms with van der Waals surface area (Å²) in [5, 5.41) is 0. The van der Waals surface area contributed by atoms with E-state index < -0.39 is 0 Å². The van der Waals surface area contributed by atoms with Crippen LogP contribution in [-0.4, -0.2) is 11.2 Å². The van der Waals surface area contributed by atoms with Crippen LogP contribution in [-0.2, 0) is 6.42 Å². The predicted octanol–water partition coefficient (Wildman–Crippen LogP) is 4.82. The summed E-state index contributed by atoms with van der Waals surface area (Å²) in [5.41, 5.74) is 2.49. The van der Waals surface area contributed by atoms with Crippen molar-refractivity contribution in [1.82, 2.24) is 4.98 Å². The molecule has 15 heavy (non-hydrogen) atoms. The van der Waals surface area contributed by atoms with Crippen LogP contribution in [0.3, 0.4) is 0 Å². The van der Waals surface area contributed by atoms with Crippen molar-refractivity contribution >= 4 is 18.7 Å². The van der Waals surface area contributed by atoms with Crippen LogP contribution in [0.5, 0.6) is 0 Å². The Balaban J connectivity index is -0.000000208. The topological polar surface area (TPSA) is 15.8 Å². The number of aromatic nitrogens is 1. The maximum absolute atomic E-state index is 3.68. The zero-order valence-electron chi connectivity index (χ0n) is 11.1. The second-order valence-corrected chi connectivity index (χ2v) is 1.97. The summed E-state index contributed by atoms with van der Waals surface area (Å²) in [6.45, 7) is 13.8. The summed E-state index contributed by atoms with van der Waals surface area (Å²) in [6, 6.07) is 2.08. The Hall–Kier alpha value is -0.630. The van der Waals surface area contributed by atoms with Crippen LogP contribution < -0.4 is 0 Å². The van der Waals surface area contributed by atoms with Gasteiger partial charge in [-0.05, 0) is 30.4 Å². The first-order chi connectivity index (χ1) is 7.38. The van der Waals surface area contributed by atoms with E-state index in [-0.39, 0.29) is 0 Å². The first-order valence-corrected chi connectivity index (χ1v) is 6.51. The first-order valence-electron chi connectivity index (χ1n) is 5.62. The summed E-state index contributed by atoms with van der Waals surface area (Å²) in [6.07, 6.45) is 6.56. The number of aryl methyl sites for hydroxylation is 1. The summed E-state index contributed by atoms with van der Waals surface area (Å²) in [7, 11) is 0. The van der Waals surface area contributed by atoms with Crippen molar-refractivity contribution in [2.45, 2.75) is 41.0 Å². The van der Waals surface area contributed by atoms with Gasteiger partial charge in [0.25, 0.3) is 0 Å². The van der Waals surface area contributed by atoms with Gasteiger partial charge in [0.05, 0.1) is 0 Å². The van der Waals surface area contributed by atoms with E-state index in [4.69, 9.17) is 0 Å². The molecule has 0 radical (unpaired) electrons. The molecule has 1 heterocycles. The number of hydrogen-bond donors (Lipinski definition) is 2. The molecule has 0 atom stereocenters. The lowest BCUT2D eigenvalue weighted by Crippen LogP contribution is -1.78. The Morgan fingerprint density at radius 1 is 1.27 bits per heavy atom. The van der Waals surface area contributed by atoms with Gasteiger partial charge in [-0.25, -0.2) is 0 Å². The SMILES string of the molecule is C=Cc1[nH]ccc1CC.CC.CC.CS. The molecule has 0 unspecified atom stereocenters. The molecular weight excluding hydrogens is 202 g/mol. The fourth-order valence-corrected chi connectivity index (χ4v) is 0.913. The van der Waals surface area contributed by atoms with Crippen LogP contribution in [0.25, 0.3) is 6.08 Å². The maximum Gasteiger partial charge on any atom is 0.0406 e. The van der Waals surface area contributed by atoms with Crippen molar-refractivity contribution in [2.24, 2.45) is 0 Å². The minimum Gasteiger partial charge on any atom is -0.361 e. The minimum absolute atomic E-state index is 1.07. The van der Waals surface area contributed by atoms with Gasteiger partial charge >= 0.3 is 0 Å². The normalized spacial score (nSPS) is 6.87. The number of rotatable bonds is 2. The highest BCUT2D eigenvalue weighted by molar-refractivity contribution is 7.79. The lowest BCUT2D eigenvalue weighted by atomic mass is 10.2. The maximum atomic E-state index is 3.68. The molecule has 1 aromatic heterocycles. The largest absolute Gasteiger partial charge is 0.361 e. The Labute approximate surface area is 101 Å². The van der Waals surface area contributed by atoms with Crippen molar-refractivity contribution in [3.05, 3.63) is 30.1 Å². The van der Waals surface area contributed by atoms with E-state index in [1.54, 1.807) is 6.26 Å². The Bertz CT molecular complexity index is 204. The molecule has 1 nitrogen and oxygen atoms in total. The number of aromatic amines is 1. The first kappa shape index (κ1) is 19.9. The molecule has 2 heteroatoms. The molecule has 0 aliphatic rings. The van der Waals surface area contributed by atoms with E-state index in [1.165, 1.54) is 5.56 Å². The van der Waals surface area contributed by atoms with Gasteiger partial charge in [0.2, 0.25) is 0 Å². The fourth-order valence-electron chi connectivity index (χ4n) is 0.913. The molecule has 0 spiro atoms. The highest BCUT2D eigenvalue weighted by atomic mass is 32.1.